The third-order valence-corrected chi connectivity index (χ3v) is 11.2. The van der Waals surface area contributed by atoms with Crippen molar-refractivity contribution in [1.82, 2.24) is 0 Å². The summed E-state index contributed by atoms with van der Waals surface area (Å²) in [6, 6.07) is 0. The van der Waals surface area contributed by atoms with Gasteiger partial charge in [-0.1, -0.05) is 20.8 Å². The first-order chi connectivity index (χ1) is 16.5. The van der Waals surface area contributed by atoms with Crippen molar-refractivity contribution in [2.24, 2.45) is 0 Å². The van der Waals surface area contributed by atoms with Crippen molar-refractivity contribution in [2.45, 2.75) is 102 Å². The maximum absolute atomic E-state index is 13.1. The molecule has 2 aliphatic heterocycles. The second-order valence-corrected chi connectivity index (χ2v) is 15.1. The lowest BCUT2D eigenvalue weighted by molar-refractivity contribution is -0.331. The summed E-state index contributed by atoms with van der Waals surface area (Å²) in [5.74, 6) is -3.01. The van der Waals surface area contributed by atoms with Crippen molar-refractivity contribution in [1.29, 1.82) is 0 Å². The van der Waals surface area contributed by atoms with Gasteiger partial charge in [0.25, 0.3) is 0 Å². The molecular weight excluding hydrogens is 496 g/mol. The smallest absolute Gasteiger partial charge is 0.336 e. The topological polar surface area (TPSA) is 142 Å². The first-order valence-corrected chi connectivity index (χ1v) is 14.5. The molecule has 0 aliphatic carbocycles. The SMILES string of the molecule is COC(=O)[C@H](O[Si](C)(C)C(C)(C)C)C1OC(OC)C2OC[C@H](OC(C)=O)C2(OC(C)=O)C1OC(C)=O. The highest BCUT2D eigenvalue weighted by atomic mass is 28.4. The quantitative estimate of drug-likeness (QED) is 0.253. The monoisotopic (exact) mass is 534 g/mol. The van der Waals surface area contributed by atoms with Crippen LogP contribution in [-0.4, -0.2) is 95.4 Å². The van der Waals surface area contributed by atoms with Crippen molar-refractivity contribution >= 4 is 32.2 Å². The molecule has 36 heavy (non-hydrogen) atoms. The van der Waals surface area contributed by atoms with Gasteiger partial charge in [-0.05, 0) is 18.1 Å². The highest BCUT2D eigenvalue weighted by molar-refractivity contribution is 6.74. The van der Waals surface area contributed by atoms with Gasteiger partial charge < -0.3 is 37.6 Å². The van der Waals surface area contributed by atoms with Crippen LogP contribution in [0.5, 0.6) is 0 Å². The van der Waals surface area contributed by atoms with Crippen LogP contribution in [0, 0.1) is 0 Å². The molecule has 0 aromatic heterocycles. The molecule has 206 valence electrons. The molecule has 0 radical (unpaired) electrons. The Labute approximate surface area is 212 Å². The summed E-state index contributed by atoms with van der Waals surface area (Å²) in [6.45, 7) is 13.1. The minimum absolute atomic E-state index is 0.211. The van der Waals surface area contributed by atoms with Crippen LogP contribution >= 0.6 is 0 Å². The van der Waals surface area contributed by atoms with Crippen molar-refractivity contribution in [3.63, 3.8) is 0 Å². The second kappa shape index (κ2) is 11.1. The Morgan fingerprint density at radius 2 is 1.56 bits per heavy atom. The summed E-state index contributed by atoms with van der Waals surface area (Å²) in [6.07, 6.45) is -7.86. The van der Waals surface area contributed by atoms with Gasteiger partial charge in [-0.2, -0.15) is 0 Å². The van der Waals surface area contributed by atoms with Gasteiger partial charge in [0.1, 0.15) is 6.10 Å². The fourth-order valence-corrected chi connectivity index (χ4v) is 5.41. The van der Waals surface area contributed by atoms with Crippen molar-refractivity contribution in [2.75, 3.05) is 20.8 Å². The van der Waals surface area contributed by atoms with E-state index in [0.29, 0.717) is 0 Å². The van der Waals surface area contributed by atoms with E-state index in [1.807, 2.05) is 33.9 Å². The second-order valence-electron chi connectivity index (χ2n) is 10.4. The summed E-state index contributed by atoms with van der Waals surface area (Å²) >= 11 is 0. The molecule has 0 aromatic rings. The Morgan fingerprint density at radius 1 is 0.972 bits per heavy atom. The van der Waals surface area contributed by atoms with E-state index in [1.165, 1.54) is 21.1 Å². The molecular formula is C23H38O12Si. The van der Waals surface area contributed by atoms with Crippen LogP contribution in [0.25, 0.3) is 0 Å². The molecule has 2 fully saturated rings. The van der Waals surface area contributed by atoms with Crippen LogP contribution in [0.1, 0.15) is 41.5 Å². The lowest BCUT2D eigenvalue weighted by Crippen LogP contribution is -2.74. The van der Waals surface area contributed by atoms with Gasteiger partial charge in [-0.3, -0.25) is 14.4 Å². The average molecular weight is 535 g/mol. The fourth-order valence-electron chi connectivity index (χ4n) is 4.19. The summed E-state index contributed by atoms with van der Waals surface area (Å²) in [7, 11) is -0.135. The third-order valence-electron chi connectivity index (χ3n) is 6.77. The van der Waals surface area contributed by atoms with Crippen LogP contribution in [0.3, 0.4) is 0 Å². The van der Waals surface area contributed by atoms with E-state index in [2.05, 4.69) is 0 Å². The number of rotatable bonds is 8. The molecule has 2 saturated heterocycles. The first-order valence-electron chi connectivity index (χ1n) is 11.6. The molecule has 0 bridgehead atoms. The normalized spacial score (nSPS) is 31.1. The largest absolute Gasteiger partial charge is 0.467 e. The number of hydrogen-bond acceptors (Lipinski definition) is 12. The molecule has 0 aromatic carbocycles. The Hall–Kier alpha value is -2.06. The molecule has 13 heteroatoms. The van der Waals surface area contributed by atoms with Gasteiger partial charge in [0.05, 0.1) is 13.7 Å². The zero-order chi connectivity index (χ0) is 27.6. The molecule has 2 aliphatic rings. The van der Waals surface area contributed by atoms with Gasteiger partial charge in [0.15, 0.2) is 39.0 Å². The first kappa shape index (κ1) is 30.2. The molecule has 12 nitrogen and oxygen atoms in total. The Balaban J connectivity index is 2.76. The van der Waals surface area contributed by atoms with E-state index >= 15 is 0 Å². The Bertz CT molecular complexity index is 853. The molecule has 2 heterocycles. The van der Waals surface area contributed by atoms with E-state index in [-0.39, 0.29) is 11.6 Å². The number of hydrogen-bond donors (Lipinski definition) is 0. The summed E-state index contributed by atoms with van der Waals surface area (Å²) < 4.78 is 45.8. The molecule has 0 saturated carbocycles. The molecule has 7 atom stereocenters. The highest BCUT2D eigenvalue weighted by Crippen LogP contribution is 2.47. The van der Waals surface area contributed by atoms with Crippen LogP contribution in [-0.2, 0) is 56.8 Å². The van der Waals surface area contributed by atoms with Crippen LogP contribution in [0.4, 0.5) is 0 Å². The van der Waals surface area contributed by atoms with Gasteiger partial charge in [-0.15, -0.1) is 0 Å². The summed E-state index contributed by atoms with van der Waals surface area (Å²) in [4.78, 5) is 49.8. The fraction of sp³-hybridized carbons (Fsp3) is 0.826. The standard InChI is InChI=1S/C23H38O12Si/c1-12(24)31-15-11-30-19-21(29-8)33-16(18(32-13(2)25)23(15,19)34-14(3)26)17(20(27)28-7)35-36(9,10)22(4,5)6/h15-19,21H,11H2,1-10H3/t15-,16?,17+,18?,19?,21?,23?/m0/s1. The lowest BCUT2D eigenvalue weighted by atomic mass is 9.79. The molecule has 5 unspecified atom stereocenters. The highest BCUT2D eigenvalue weighted by Gasteiger charge is 2.72. The zero-order valence-electron chi connectivity index (χ0n) is 22.6. The number of methoxy groups -OCH3 is 2. The summed E-state index contributed by atoms with van der Waals surface area (Å²) in [5.41, 5.74) is -1.91. The minimum Gasteiger partial charge on any atom is -0.467 e. The number of esters is 4. The Kier molecular flexibility index (Phi) is 9.33. The number of carbonyl (C=O) groups is 4. The summed E-state index contributed by atoms with van der Waals surface area (Å²) in [5, 5.41) is -0.321. The van der Waals surface area contributed by atoms with Crippen molar-refractivity contribution in [3.05, 3.63) is 0 Å². The maximum atomic E-state index is 13.1. The molecule has 0 N–H and O–H groups in total. The number of carbonyl (C=O) groups excluding carboxylic acids is 4. The maximum Gasteiger partial charge on any atom is 0.336 e. The van der Waals surface area contributed by atoms with Crippen LogP contribution in [0.2, 0.25) is 18.1 Å². The molecule has 0 amide bonds. The van der Waals surface area contributed by atoms with Gasteiger partial charge >= 0.3 is 23.9 Å². The van der Waals surface area contributed by atoms with Gasteiger partial charge in [0.2, 0.25) is 5.60 Å². The predicted molar refractivity (Wildman–Crippen MR) is 125 cm³/mol. The average Bonchev–Trinajstić information content (AvgIpc) is 3.08. The minimum atomic E-state index is -2.65. The van der Waals surface area contributed by atoms with E-state index < -0.39 is 74.6 Å². The van der Waals surface area contributed by atoms with E-state index in [1.54, 1.807) is 0 Å². The van der Waals surface area contributed by atoms with E-state index in [0.717, 1.165) is 13.8 Å². The van der Waals surface area contributed by atoms with Crippen LogP contribution in [0.15, 0.2) is 0 Å². The van der Waals surface area contributed by atoms with Crippen molar-refractivity contribution in [3.8, 4) is 0 Å². The third kappa shape index (κ3) is 5.91. The lowest BCUT2D eigenvalue weighted by Gasteiger charge is -2.52. The molecule has 0 spiro atoms. The number of ether oxygens (including phenoxy) is 7. The number of fused-ring (bicyclic) bond motifs is 1. The van der Waals surface area contributed by atoms with Crippen LogP contribution < -0.4 is 0 Å². The van der Waals surface area contributed by atoms with E-state index in [9.17, 15) is 19.2 Å². The Morgan fingerprint density at radius 3 is 2.00 bits per heavy atom. The van der Waals surface area contributed by atoms with Gasteiger partial charge in [0, 0.05) is 27.9 Å². The predicted octanol–water partition coefficient (Wildman–Crippen LogP) is 1.49. The zero-order valence-corrected chi connectivity index (χ0v) is 23.6. The van der Waals surface area contributed by atoms with Crippen molar-refractivity contribution < 1.29 is 56.8 Å². The van der Waals surface area contributed by atoms with E-state index in [4.69, 9.17) is 37.6 Å². The van der Waals surface area contributed by atoms with Gasteiger partial charge in [-0.25, -0.2) is 4.79 Å². The molecule has 2 rings (SSSR count).